The van der Waals surface area contributed by atoms with Crippen molar-refractivity contribution in [2.45, 2.75) is 6.42 Å². The Morgan fingerprint density at radius 1 is 1.33 bits per heavy atom. The minimum absolute atomic E-state index is 0.0741. The van der Waals surface area contributed by atoms with E-state index in [4.69, 9.17) is 5.11 Å². The zero-order chi connectivity index (χ0) is 11.1. The lowest BCUT2D eigenvalue weighted by molar-refractivity contribution is -0.136. The lowest BCUT2D eigenvalue weighted by atomic mass is 10.2. The molecule has 1 amide bonds. The molecule has 1 aliphatic heterocycles. The number of carbonyl (C=O) groups excluding carboxylic acids is 1. The molecule has 0 bridgehead atoms. The molecule has 0 unspecified atom stereocenters. The fourth-order valence-corrected chi connectivity index (χ4v) is 0.931. The third kappa shape index (κ3) is 4.78. The summed E-state index contributed by atoms with van der Waals surface area (Å²) < 4.78 is 0. The number of hydrogen-bond acceptors (Lipinski definition) is 3. The molecule has 0 spiro atoms. The van der Waals surface area contributed by atoms with Gasteiger partial charge in [0.2, 0.25) is 5.91 Å². The molecule has 5 heteroatoms. The highest BCUT2D eigenvalue weighted by atomic mass is 16.4. The van der Waals surface area contributed by atoms with Crippen LogP contribution in [0.4, 0.5) is 0 Å². The van der Waals surface area contributed by atoms with Crippen LogP contribution >= 0.6 is 0 Å². The van der Waals surface area contributed by atoms with Crippen LogP contribution in [0, 0.1) is 0 Å². The zero-order valence-electron chi connectivity index (χ0n) is 8.06. The van der Waals surface area contributed by atoms with Crippen LogP contribution in [0.2, 0.25) is 0 Å². The average Bonchev–Trinajstić information content (AvgIpc) is 2.16. The molecule has 0 radical (unpaired) electrons. The molecule has 1 heterocycles. The summed E-state index contributed by atoms with van der Waals surface area (Å²) >= 11 is 0. The fraction of sp³-hybridized carbons (Fsp3) is 0.200. The number of carboxylic acid groups (broad SMARTS) is 1. The largest absolute Gasteiger partial charge is 0.481 e. The molecular weight excluding hydrogens is 196 g/mol. The number of benzene rings is 1. The lowest BCUT2D eigenvalue weighted by Gasteiger charge is -2.12. The Balaban J connectivity index is 0.000000187. The number of nitrogens with one attached hydrogen (secondary N) is 2. The van der Waals surface area contributed by atoms with Crippen LogP contribution in [0.15, 0.2) is 30.3 Å². The van der Waals surface area contributed by atoms with E-state index in [1.807, 2.05) is 18.2 Å². The molecule has 2 rings (SSSR count). The molecule has 1 saturated heterocycles. The Morgan fingerprint density at radius 3 is 2.20 bits per heavy atom. The molecule has 0 aliphatic carbocycles. The zero-order valence-corrected chi connectivity index (χ0v) is 8.06. The van der Waals surface area contributed by atoms with E-state index in [0.29, 0.717) is 6.54 Å². The average molecular weight is 208 g/mol. The SMILES string of the molecule is O=C(O)Cc1ccccc1.O=C1CNN1. The summed E-state index contributed by atoms with van der Waals surface area (Å²) in [6, 6.07) is 9.13. The van der Waals surface area contributed by atoms with Gasteiger partial charge in [0, 0.05) is 0 Å². The minimum Gasteiger partial charge on any atom is -0.481 e. The number of carboxylic acids is 1. The van der Waals surface area contributed by atoms with Gasteiger partial charge in [0.1, 0.15) is 0 Å². The van der Waals surface area contributed by atoms with Gasteiger partial charge in [-0.3, -0.25) is 15.0 Å². The van der Waals surface area contributed by atoms with Crippen molar-refractivity contribution < 1.29 is 14.7 Å². The number of rotatable bonds is 2. The van der Waals surface area contributed by atoms with Crippen LogP contribution in [0.3, 0.4) is 0 Å². The van der Waals surface area contributed by atoms with Crippen molar-refractivity contribution in [1.82, 2.24) is 10.9 Å². The quantitative estimate of drug-likeness (QED) is 0.636. The normalized spacial score (nSPS) is 12.9. The van der Waals surface area contributed by atoms with Crippen molar-refractivity contribution in [1.29, 1.82) is 0 Å². The van der Waals surface area contributed by atoms with Crippen LogP contribution in [0.25, 0.3) is 0 Å². The van der Waals surface area contributed by atoms with Gasteiger partial charge in [0.25, 0.3) is 0 Å². The van der Waals surface area contributed by atoms with Gasteiger partial charge in [-0.05, 0) is 5.56 Å². The summed E-state index contributed by atoms with van der Waals surface area (Å²) in [7, 11) is 0. The molecule has 0 saturated carbocycles. The topological polar surface area (TPSA) is 78.4 Å². The van der Waals surface area contributed by atoms with Gasteiger partial charge in [-0.25, -0.2) is 5.43 Å². The number of carbonyl (C=O) groups is 2. The van der Waals surface area contributed by atoms with Gasteiger partial charge in [-0.2, -0.15) is 0 Å². The molecule has 15 heavy (non-hydrogen) atoms. The van der Waals surface area contributed by atoms with Crippen LogP contribution in [-0.4, -0.2) is 23.5 Å². The summed E-state index contributed by atoms with van der Waals surface area (Å²) in [5.41, 5.74) is 5.72. The van der Waals surface area contributed by atoms with E-state index < -0.39 is 5.97 Å². The molecule has 0 aromatic heterocycles. The Bertz CT molecular complexity index is 332. The van der Waals surface area contributed by atoms with Gasteiger partial charge in [-0.1, -0.05) is 30.3 Å². The van der Waals surface area contributed by atoms with E-state index in [1.165, 1.54) is 0 Å². The first-order valence-corrected chi connectivity index (χ1v) is 4.46. The van der Waals surface area contributed by atoms with Crippen molar-refractivity contribution in [2.75, 3.05) is 6.54 Å². The van der Waals surface area contributed by atoms with Gasteiger partial charge in [-0.15, -0.1) is 0 Å². The van der Waals surface area contributed by atoms with Crippen molar-refractivity contribution >= 4 is 11.9 Å². The molecule has 1 aliphatic rings. The first-order chi connectivity index (χ1) is 7.18. The smallest absolute Gasteiger partial charge is 0.307 e. The summed E-state index contributed by atoms with van der Waals surface area (Å²) in [5.74, 6) is -0.712. The standard InChI is InChI=1S/C8H8O2.C2H4N2O/c9-8(10)6-7-4-2-1-3-5-7;5-2-1-3-4-2/h1-5H,6H2,(H,9,10);3H,1H2,(H,4,5). The van der Waals surface area contributed by atoms with Crippen molar-refractivity contribution in [3.63, 3.8) is 0 Å². The molecular formula is C10H12N2O3. The first-order valence-electron chi connectivity index (χ1n) is 4.46. The number of hydrazine groups is 1. The van der Waals surface area contributed by atoms with Gasteiger partial charge < -0.3 is 5.11 Å². The second-order valence-corrected chi connectivity index (χ2v) is 2.96. The van der Waals surface area contributed by atoms with E-state index in [1.54, 1.807) is 12.1 Å². The van der Waals surface area contributed by atoms with Crippen LogP contribution in [0.1, 0.15) is 5.56 Å². The Labute approximate surface area is 87.1 Å². The van der Waals surface area contributed by atoms with Gasteiger partial charge >= 0.3 is 5.97 Å². The van der Waals surface area contributed by atoms with Gasteiger partial charge in [0.05, 0.1) is 13.0 Å². The van der Waals surface area contributed by atoms with E-state index in [9.17, 15) is 9.59 Å². The number of aliphatic carboxylic acids is 1. The number of amides is 1. The van der Waals surface area contributed by atoms with Crippen molar-refractivity contribution in [3.8, 4) is 0 Å². The highest BCUT2D eigenvalue weighted by Crippen LogP contribution is 1.98. The van der Waals surface area contributed by atoms with Crippen molar-refractivity contribution in [2.24, 2.45) is 0 Å². The summed E-state index contributed by atoms with van der Waals surface area (Å²) in [4.78, 5) is 19.9. The Kier molecular flexibility index (Phi) is 4.30. The molecule has 0 atom stereocenters. The monoisotopic (exact) mass is 208 g/mol. The molecule has 3 N–H and O–H groups in total. The maximum absolute atomic E-state index is 10.2. The number of hydrogen-bond donors (Lipinski definition) is 3. The predicted octanol–water partition coefficient (Wildman–Crippen LogP) is -0.0655. The Morgan fingerprint density at radius 2 is 1.87 bits per heavy atom. The highest BCUT2D eigenvalue weighted by molar-refractivity contribution is 5.81. The summed E-state index contributed by atoms with van der Waals surface area (Å²) in [6.07, 6.45) is 0.112. The second-order valence-electron chi connectivity index (χ2n) is 2.96. The molecule has 80 valence electrons. The molecule has 1 fully saturated rings. The van der Waals surface area contributed by atoms with E-state index in [2.05, 4.69) is 10.9 Å². The fourth-order valence-electron chi connectivity index (χ4n) is 0.931. The second kappa shape index (κ2) is 5.77. The predicted molar refractivity (Wildman–Crippen MR) is 53.9 cm³/mol. The van der Waals surface area contributed by atoms with E-state index >= 15 is 0 Å². The first kappa shape index (κ1) is 11.2. The molecule has 1 aromatic rings. The van der Waals surface area contributed by atoms with Crippen molar-refractivity contribution in [3.05, 3.63) is 35.9 Å². The third-order valence-electron chi connectivity index (χ3n) is 1.67. The maximum atomic E-state index is 10.2. The van der Waals surface area contributed by atoms with Crippen LogP contribution in [0.5, 0.6) is 0 Å². The Hall–Kier alpha value is -1.88. The minimum atomic E-state index is -0.786. The lowest BCUT2D eigenvalue weighted by Crippen LogP contribution is -2.55. The van der Waals surface area contributed by atoms with E-state index in [-0.39, 0.29) is 12.3 Å². The summed E-state index contributed by atoms with van der Waals surface area (Å²) in [6.45, 7) is 0.486. The molecule has 5 nitrogen and oxygen atoms in total. The third-order valence-corrected chi connectivity index (χ3v) is 1.67. The van der Waals surface area contributed by atoms with Crippen LogP contribution < -0.4 is 10.9 Å². The summed E-state index contributed by atoms with van der Waals surface area (Å²) in [5, 5.41) is 8.37. The van der Waals surface area contributed by atoms with E-state index in [0.717, 1.165) is 5.56 Å². The maximum Gasteiger partial charge on any atom is 0.307 e. The van der Waals surface area contributed by atoms with Crippen LogP contribution in [-0.2, 0) is 16.0 Å². The van der Waals surface area contributed by atoms with Gasteiger partial charge in [0.15, 0.2) is 0 Å². The molecule has 1 aromatic carbocycles. The highest BCUT2D eigenvalue weighted by Gasteiger charge is 2.06.